The largest absolute Gasteiger partial charge is 0.381 e. The third kappa shape index (κ3) is 4.13. The summed E-state index contributed by atoms with van der Waals surface area (Å²) < 4.78 is 84.1. The second-order valence-electron chi connectivity index (χ2n) is 6.27. The molecule has 29 heavy (non-hydrogen) atoms. The summed E-state index contributed by atoms with van der Waals surface area (Å²) in [6, 6.07) is 5.72. The van der Waals surface area contributed by atoms with E-state index in [0.717, 1.165) is 28.9 Å². The van der Waals surface area contributed by atoms with Crippen molar-refractivity contribution in [3.8, 4) is 11.3 Å². The van der Waals surface area contributed by atoms with Gasteiger partial charge in [-0.2, -0.15) is 13.9 Å². The number of aryl methyl sites for hydroxylation is 1. The second-order valence-corrected chi connectivity index (χ2v) is 6.27. The van der Waals surface area contributed by atoms with Crippen LogP contribution in [0.2, 0.25) is 0 Å². The van der Waals surface area contributed by atoms with E-state index in [0.29, 0.717) is 12.1 Å². The number of halogens is 6. The van der Waals surface area contributed by atoms with E-state index in [4.69, 9.17) is 0 Å². The van der Waals surface area contributed by atoms with E-state index < -0.39 is 40.4 Å². The Morgan fingerprint density at radius 2 is 1.69 bits per heavy atom. The number of allylic oxidation sites excluding steroid dienone is 1. The number of nitrogens with zero attached hydrogens (tertiary/aromatic N) is 2. The molecule has 1 heterocycles. The molecule has 3 nitrogen and oxygen atoms in total. The van der Waals surface area contributed by atoms with Crippen molar-refractivity contribution in [1.29, 1.82) is 0 Å². The molecule has 0 radical (unpaired) electrons. The Morgan fingerprint density at radius 1 is 1.03 bits per heavy atom. The Kier molecular flexibility index (Phi) is 5.41. The zero-order valence-corrected chi connectivity index (χ0v) is 15.1. The van der Waals surface area contributed by atoms with Crippen molar-refractivity contribution < 1.29 is 26.3 Å². The zero-order chi connectivity index (χ0) is 21.3. The minimum Gasteiger partial charge on any atom is -0.381 e. The average molecular weight is 411 g/mol. The molecule has 0 aliphatic heterocycles. The van der Waals surface area contributed by atoms with Gasteiger partial charge in [0, 0.05) is 30.9 Å². The van der Waals surface area contributed by atoms with Gasteiger partial charge in [0.15, 0.2) is 0 Å². The molecular formula is C20H15F6N3. The monoisotopic (exact) mass is 411 g/mol. The average Bonchev–Trinajstić information content (AvgIpc) is 3.03. The van der Waals surface area contributed by atoms with Crippen molar-refractivity contribution in [2.45, 2.75) is 12.5 Å². The Labute approximate surface area is 162 Å². The van der Waals surface area contributed by atoms with Crippen molar-refractivity contribution in [3.63, 3.8) is 0 Å². The van der Waals surface area contributed by atoms with Gasteiger partial charge in [-0.25, -0.2) is 17.6 Å². The number of hydrogen-bond acceptors (Lipinski definition) is 2. The molecule has 0 saturated carbocycles. The van der Waals surface area contributed by atoms with Gasteiger partial charge in [0.05, 0.1) is 11.3 Å². The maximum absolute atomic E-state index is 14.6. The van der Waals surface area contributed by atoms with Gasteiger partial charge in [0.25, 0.3) is 0 Å². The van der Waals surface area contributed by atoms with Crippen LogP contribution in [0.1, 0.15) is 11.3 Å². The van der Waals surface area contributed by atoms with E-state index in [-0.39, 0.29) is 23.5 Å². The van der Waals surface area contributed by atoms with Crippen molar-refractivity contribution >= 4 is 5.69 Å². The van der Waals surface area contributed by atoms with Gasteiger partial charge in [-0.3, -0.25) is 4.68 Å². The molecule has 3 aromatic rings. The minimum atomic E-state index is -3.45. The fraction of sp³-hybridized carbons (Fsp3) is 0.150. The van der Waals surface area contributed by atoms with Crippen LogP contribution in [0.5, 0.6) is 0 Å². The van der Waals surface area contributed by atoms with E-state index >= 15 is 0 Å². The number of hydrogen-bond donors (Lipinski definition) is 1. The van der Waals surface area contributed by atoms with Crippen LogP contribution in [0.4, 0.5) is 32.0 Å². The summed E-state index contributed by atoms with van der Waals surface area (Å²) in [5, 5.41) is 6.24. The van der Waals surface area contributed by atoms with Gasteiger partial charge in [0.1, 0.15) is 29.0 Å². The molecule has 2 aromatic carbocycles. The second kappa shape index (κ2) is 7.65. The summed E-state index contributed by atoms with van der Waals surface area (Å²) in [5.74, 6) is -7.05. The first kappa shape index (κ1) is 20.5. The van der Waals surface area contributed by atoms with Crippen molar-refractivity contribution in [1.82, 2.24) is 9.78 Å². The van der Waals surface area contributed by atoms with Crippen LogP contribution in [-0.2, 0) is 19.5 Å². The van der Waals surface area contributed by atoms with Crippen LogP contribution >= 0.6 is 0 Å². The molecular weight excluding hydrogens is 396 g/mol. The molecule has 0 bridgehead atoms. The van der Waals surface area contributed by atoms with E-state index in [1.54, 1.807) is 0 Å². The van der Waals surface area contributed by atoms with Crippen LogP contribution in [0.3, 0.4) is 0 Å². The first-order chi connectivity index (χ1) is 13.6. The number of aromatic nitrogens is 2. The first-order valence-electron chi connectivity index (χ1n) is 8.35. The van der Waals surface area contributed by atoms with Crippen LogP contribution in [0, 0.1) is 23.3 Å². The van der Waals surface area contributed by atoms with Gasteiger partial charge in [-0.15, -0.1) is 0 Å². The number of benzene rings is 2. The number of anilines is 1. The lowest BCUT2D eigenvalue weighted by Gasteiger charge is -2.11. The Bertz CT molecular complexity index is 1050. The summed E-state index contributed by atoms with van der Waals surface area (Å²) in [4.78, 5) is 0. The topological polar surface area (TPSA) is 29.9 Å². The summed E-state index contributed by atoms with van der Waals surface area (Å²) in [5.41, 5.74) is -1.33. The molecule has 152 valence electrons. The van der Waals surface area contributed by atoms with Crippen LogP contribution in [-0.4, -0.2) is 9.78 Å². The molecule has 1 aromatic heterocycles. The van der Waals surface area contributed by atoms with E-state index in [9.17, 15) is 26.3 Å². The molecule has 9 heteroatoms. The van der Waals surface area contributed by atoms with Gasteiger partial charge < -0.3 is 5.32 Å². The highest BCUT2D eigenvalue weighted by atomic mass is 19.3. The fourth-order valence-corrected chi connectivity index (χ4v) is 2.75. The molecule has 1 N–H and O–H groups in total. The molecule has 3 rings (SSSR count). The lowest BCUT2D eigenvalue weighted by atomic mass is 10.1. The molecule has 0 aliphatic carbocycles. The van der Waals surface area contributed by atoms with E-state index in [2.05, 4.69) is 17.0 Å². The van der Waals surface area contributed by atoms with Crippen LogP contribution in [0.25, 0.3) is 11.3 Å². The highest BCUT2D eigenvalue weighted by Crippen LogP contribution is 2.34. The predicted molar refractivity (Wildman–Crippen MR) is 96.3 cm³/mol. The minimum absolute atomic E-state index is 0.00807. The summed E-state index contributed by atoms with van der Waals surface area (Å²) >= 11 is 0. The molecule has 0 saturated heterocycles. The summed E-state index contributed by atoms with van der Waals surface area (Å²) in [6.45, 7) is 2.87. The standard InChI is InChI=1S/C20H15F6N3/c1-3-20(25,26)18-9-17(29(2)28-18)19-15(23)7-13(8-16(19)24)27-10-11-4-5-12(21)6-14(11)22/h3-9,27H,1,10H2,2H3. The Balaban J connectivity index is 1.89. The van der Waals surface area contributed by atoms with Crippen LogP contribution in [0.15, 0.2) is 49.1 Å². The highest BCUT2D eigenvalue weighted by molar-refractivity contribution is 5.65. The van der Waals surface area contributed by atoms with Crippen molar-refractivity contribution in [3.05, 3.63) is 83.6 Å². The number of nitrogens with one attached hydrogen (secondary N) is 1. The van der Waals surface area contributed by atoms with Crippen molar-refractivity contribution in [2.75, 3.05) is 5.32 Å². The molecule has 0 atom stereocenters. The SMILES string of the molecule is C=CC(F)(F)c1cc(-c2c(F)cc(NCc3ccc(F)cc3F)cc2F)n(C)n1. The highest BCUT2D eigenvalue weighted by Gasteiger charge is 2.32. The maximum Gasteiger partial charge on any atom is 0.309 e. The van der Waals surface area contributed by atoms with E-state index in [1.165, 1.54) is 13.1 Å². The van der Waals surface area contributed by atoms with Gasteiger partial charge in [0.2, 0.25) is 0 Å². The quantitative estimate of drug-likeness (QED) is 0.427. The van der Waals surface area contributed by atoms with E-state index in [1.807, 2.05) is 0 Å². The molecule has 0 fully saturated rings. The Morgan fingerprint density at radius 3 is 2.28 bits per heavy atom. The summed E-state index contributed by atoms with van der Waals surface area (Å²) in [7, 11) is 1.28. The lowest BCUT2D eigenvalue weighted by Crippen LogP contribution is -2.10. The van der Waals surface area contributed by atoms with Gasteiger partial charge in [-0.05, 0) is 30.3 Å². The maximum atomic E-state index is 14.6. The Hall–Kier alpha value is -3.23. The lowest BCUT2D eigenvalue weighted by molar-refractivity contribution is 0.0470. The molecule has 0 amide bonds. The molecule has 0 spiro atoms. The molecule has 0 unspecified atom stereocenters. The third-order valence-corrected chi connectivity index (χ3v) is 4.27. The fourth-order valence-electron chi connectivity index (χ4n) is 2.75. The summed E-state index contributed by atoms with van der Waals surface area (Å²) in [6.07, 6.45) is 0.382. The zero-order valence-electron chi connectivity index (χ0n) is 15.1. The third-order valence-electron chi connectivity index (χ3n) is 4.27. The predicted octanol–water partition coefficient (Wildman–Crippen LogP) is 5.53. The van der Waals surface area contributed by atoms with Gasteiger partial charge >= 0.3 is 5.92 Å². The van der Waals surface area contributed by atoms with Gasteiger partial charge in [-0.1, -0.05) is 12.6 Å². The molecule has 0 aliphatic rings. The van der Waals surface area contributed by atoms with Crippen molar-refractivity contribution in [2.24, 2.45) is 7.05 Å². The first-order valence-corrected chi connectivity index (χ1v) is 8.35. The number of alkyl halides is 2. The van der Waals surface area contributed by atoms with Crippen LogP contribution < -0.4 is 5.32 Å². The normalized spacial score (nSPS) is 11.6. The smallest absolute Gasteiger partial charge is 0.309 e. The number of rotatable bonds is 6.